The lowest BCUT2D eigenvalue weighted by atomic mass is 10.0. The highest BCUT2D eigenvalue weighted by Gasteiger charge is 2.27. The predicted octanol–water partition coefficient (Wildman–Crippen LogP) is 3.89. The van der Waals surface area contributed by atoms with Gasteiger partial charge in [-0.1, -0.05) is 44.0 Å². The molecule has 1 aliphatic carbocycles. The number of halogens is 2. The van der Waals surface area contributed by atoms with Crippen LogP contribution in [-0.4, -0.2) is 24.0 Å². The molecule has 1 aliphatic rings. The maximum absolute atomic E-state index is 12.6. The molecule has 0 aromatic heterocycles. The van der Waals surface area contributed by atoms with Crippen molar-refractivity contribution in [1.29, 1.82) is 0 Å². The first-order chi connectivity index (χ1) is 9.67. The maximum Gasteiger partial charge on any atom is 0.263 e. The molecule has 1 atom stereocenters. The van der Waals surface area contributed by atoms with Gasteiger partial charge in [0, 0.05) is 24.2 Å². The summed E-state index contributed by atoms with van der Waals surface area (Å²) in [6.07, 6.45) is 2.60. The van der Waals surface area contributed by atoms with E-state index in [1.165, 1.54) is 37.8 Å². The molecular formula is C16H24F2N2. The minimum atomic E-state index is -2.41. The van der Waals surface area contributed by atoms with E-state index in [2.05, 4.69) is 11.8 Å². The topological polar surface area (TPSA) is 29.3 Å². The number of alkyl halides is 2. The van der Waals surface area contributed by atoms with Crippen molar-refractivity contribution in [2.24, 2.45) is 5.73 Å². The van der Waals surface area contributed by atoms with Crippen LogP contribution >= 0.6 is 0 Å². The third kappa shape index (κ3) is 3.36. The van der Waals surface area contributed by atoms with Gasteiger partial charge >= 0.3 is 0 Å². The lowest BCUT2D eigenvalue weighted by molar-refractivity contribution is 0.145. The number of benzene rings is 1. The van der Waals surface area contributed by atoms with Gasteiger partial charge in [-0.3, -0.25) is 4.90 Å². The zero-order valence-corrected chi connectivity index (χ0v) is 12.1. The van der Waals surface area contributed by atoms with Crippen LogP contribution in [0.5, 0.6) is 0 Å². The van der Waals surface area contributed by atoms with Crippen molar-refractivity contribution in [1.82, 2.24) is 4.90 Å². The zero-order chi connectivity index (χ0) is 14.5. The van der Waals surface area contributed by atoms with Gasteiger partial charge in [-0.2, -0.15) is 0 Å². The van der Waals surface area contributed by atoms with Crippen LogP contribution in [0.25, 0.3) is 0 Å². The van der Waals surface area contributed by atoms with Gasteiger partial charge in [0.1, 0.15) is 0 Å². The molecule has 0 amide bonds. The molecule has 1 aromatic rings. The van der Waals surface area contributed by atoms with Gasteiger partial charge in [0.25, 0.3) is 6.43 Å². The van der Waals surface area contributed by atoms with E-state index >= 15 is 0 Å². The van der Waals surface area contributed by atoms with Crippen molar-refractivity contribution in [3.63, 3.8) is 0 Å². The van der Waals surface area contributed by atoms with Crippen molar-refractivity contribution in [2.45, 2.75) is 51.1 Å². The molecule has 1 aromatic carbocycles. The summed E-state index contributed by atoms with van der Waals surface area (Å²) < 4.78 is 25.2. The quantitative estimate of drug-likeness (QED) is 0.857. The third-order valence-corrected chi connectivity index (χ3v) is 4.36. The molecule has 0 bridgehead atoms. The summed E-state index contributed by atoms with van der Waals surface area (Å²) in [5.74, 6) is 0. The van der Waals surface area contributed by atoms with Gasteiger partial charge in [0.05, 0.1) is 0 Å². The van der Waals surface area contributed by atoms with Crippen LogP contribution in [0.15, 0.2) is 24.3 Å². The Morgan fingerprint density at radius 3 is 2.15 bits per heavy atom. The molecule has 1 unspecified atom stereocenters. The minimum absolute atomic E-state index is 0.0773. The molecule has 0 heterocycles. The summed E-state index contributed by atoms with van der Waals surface area (Å²) >= 11 is 0. The number of hydrogen-bond acceptors (Lipinski definition) is 2. The van der Waals surface area contributed by atoms with E-state index in [1.54, 1.807) is 12.1 Å². The Kier molecular flexibility index (Phi) is 5.49. The number of rotatable bonds is 6. The first kappa shape index (κ1) is 15.4. The molecule has 0 radical (unpaired) electrons. The van der Waals surface area contributed by atoms with Crippen molar-refractivity contribution in [3.8, 4) is 0 Å². The molecule has 1 fully saturated rings. The Morgan fingerprint density at radius 2 is 1.70 bits per heavy atom. The summed E-state index contributed by atoms with van der Waals surface area (Å²) in [4.78, 5) is 2.43. The normalized spacial score (nSPS) is 18.1. The van der Waals surface area contributed by atoms with Crippen molar-refractivity contribution < 1.29 is 8.78 Å². The van der Waals surface area contributed by atoms with Gasteiger partial charge in [0.2, 0.25) is 0 Å². The predicted molar refractivity (Wildman–Crippen MR) is 77.8 cm³/mol. The van der Waals surface area contributed by atoms with E-state index in [0.29, 0.717) is 12.6 Å². The average Bonchev–Trinajstić information content (AvgIpc) is 2.98. The number of hydrogen-bond donors (Lipinski definition) is 1. The summed E-state index contributed by atoms with van der Waals surface area (Å²) in [6.45, 7) is 3.62. The Bertz CT molecular complexity index is 399. The first-order valence-electron chi connectivity index (χ1n) is 7.51. The second-order valence-corrected chi connectivity index (χ2v) is 5.49. The van der Waals surface area contributed by atoms with Crippen molar-refractivity contribution in [2.75, 3.05) is 13.1 Å². The summed E-state index contributed by atoms with van der Waals surface area (Å²) in [5, 5.41) is 0. The number of nitrogens with two attached hydrogens (primary N) is 1. The molecule has 2 N–H and O–H groups in total. The molecule has 0 saturated heterocycles. The molecule has 1 saturated carbocycles. The monoisotopic (exact) mass is 282 g/mol. The molecule has 0 aliphatic heterocycles. The average molecular weight is 282 g/mol. The van der Waals surface area contributed by atoms with E-state index in [1.807, 2.05) is 0 Å². The fraction of sp³-hybridized carbons (Fsp3) is 0.625. The fourth-order valence-corrected chi connectivity index (χ4v) is 3.30. The smallest absolute Gasteiger partial charge is 0.263 e. The summed E-state index contributed by atoms with van der Waals surface area (Å²) in [5.41, 5.74) is 7.08. The van der Waals surface area contributed by atoms with Gasteiger partial charge in [-0.25, -0.2) is 8.78 Å². The Hall–Kier alpha value is -1.00. The van der Waals surface area contributed by atoms with Crippen molar-refractivity contribution in [3.05, 3.63) is 35.4 Å². The Balaban J connectivity index is 2.16. The largest absolute Gasteiger partial charge is 0.329 e. The first-order valence-corrected chi connectivity index (χ1v) is 7.51. The SMILES string of the molecule is CCN(C1CCCC1)C(CN)c1ccc(C(F)F)cc1. The number of nitrogens with zero attached hydrogens (tertiary/aromatic N) is 1. The van der Waals surface area contributed by atoms with Crippen LogP contribution in [0.4, 0.5) is 8.78 Å². The van der Waals surface area contributed by atoms with Crippen molar-refractivity contribution >= 4 is 0 Å². The molecule has 20 heavy (non-hydrogen) atoms. The molecule has 2 nitrogen and oxygen atoms in total. The molecule has 2 rings (SSSR count). The van der Waals surface area contributed by atoms with Crippen LogP contribution in [-0.2, 0) is 0 Å². The fourth-order valence-electron chi connectivity index (χ4n) is 3.30. The lowest BCUT2D eigenvalue weighted by Gasteiger charge is -2.35. The van der Waals surface area contributed by atoms with Crippen LogP contribution in [0, 0.1) is 0 Å². The van der Waals surface area contributed by atoms with Crippen LogP contribution < -0.4 is 5.73 Å². The molecule has 4 heteroatoms. The van der Waals surface area contributed by atoms with Gasteiger partial charge in [-0.15, -0.1) is 0 Å². The van der Waals surface area contributed by atoms with E-state index in [9.17, 15) is 8.78 Å². The summed E-state index contributed by atoms with van der Waals surface area (Å²) in [7, 11) is 0. The molecule has 0 spiro atoms. The molecule has 112 valence electrons. The Labute approximate surface area is 120 Å². The summed E-state index contributed by atoms with van der Waals surface area (Å²) in [6, 6.07) is 7.36. The van der Waals surface area contributed by atoms with E-state index in [-0.39, 0.29) is 11.6 Å². The van der Waals surface area contributed by atoms with E-state index in [0.717, 1.165) is 12.1 Å². The highest BCUT2D eigenvalue weighted by atomic mass is 19.3. The molecular weight excluding hydrogens is 258 g/mol. The van der Waals surface area contributed by atoms with Crippen LogP contribution in [0.2, 0.25) is 0 Å². The highest BCUT2D eigenvalue weighted by Crippen LogP contribution is 2.31. The number of likely N-dealkylation sites (N-methyl/N-ethyl adjacent to an activating group) is 1. The second kappa shape index (κ2) is 7.14. The van der Waals surface area contributed by atoms with Gasteiger partial charge in [0.15, 0.2) is 0 Å². The third-order valence-electron chi connectivity index (χ3n) is 4.36. The minimum Gasteiger partial charge on any atom is -0.329 e. The lowest BCUT2D eigenvalue weighted by Crippen LogP contribution is -2.40. The van der Waals surface area contributed by atoms with Crippen LogP contribution in [0.1, 0.15) is 56.2 Å². The zero-order valence-electron chi connectivity index (χ0n) is 12.1. The van der Waals surface area contributed by atoms with E-state index < -0.39 is 6.43 Å². The maximum atomic E-state index is 12.6. The highest BCUT2D eigenvalue weighted by molar-refractivity contribution is 5.26. The van der Waals surface area contributed by atoms with E-state index in [4.69, 9.17) is 5.73 Å². The van der Waals surface area contributed by atoms with Gasteiger partial charge in [-0.05, 0) is 24.9 Å². The second-order valence-electron chi connectivity index (χ2n) is 5.49. The standard InChI is InChI=1S/C16H24F2N2/c1-2-20(14-5-3-4-6-14)15(11-19)12-7-9-13(10-8-12)16(17)18/h7-10,14-16H,2-6,11,19H2,1H3. The Morgan fingerprint density at radius 1 is 1.15 bits per heavy atom. The van der Waals surface area contributed by atoms with Gasteiger partial charge < -0.3 is 5.73 Å². The van der Waals surface area contributed by atoms with Crippen LogP contribution in [0.3, 0.4) is 0 Å².